The molecule has 1 rings (SSSR count). The molecule has 2 N–H and O–H groups in total. The predicted octanol–water partition coefficient (Wildman–Crippen LogP) is 1.71. The number of hydroxylamine groups is 2. The second-order valence-corrected chi connectivity index (χ2v) is 3.93. The Morgan fingerprint density at radius 3 is 1.75 bits per heavy atom. The summed E-state index contributed by atoms with van der Waals surface area (Å²) >= 11 is 0. The molecule has 1 fully saturated rings. The maximum Gasteiger partial charge on any atom is 0.0861 e. The van der Waals surface area contributed by atoms with Gasteiger partial charge in [-0.05, 0) is 12.8 Å². The number of hydrogen-bond donors (Lipinski definition) is 2. The highest BCUT2D eigenvalue weighted by Gasteiger charge is 2.25. The summed E-state index contributed by atoms with van der Waals surface area (Å²) < 4.78 is 0. The van der Waals surface area contributed by atoms with E-state index in [4.69, 9.17) is 9.68 Å². The van der Waals surface area contributed by atoms with Crippen LogP contribution in [0.5, 0.6) is 0 Å². The lowest BCUT2D eigenvalue weighted by molar-refractivity contribution is -0.0321. The zero-order valence-corrected chi connectivity index (χ0v) is 9.78. The average Bonchev–Trinajstić information content (AvgIpc) is 2.32. The van der Waals surface area contributed by atoms with E-state index in [9.17, 15) is 0 Å². The molecule has 4 heteroatoms. The summed E-state index contributed by atoms with van der Waals surface area (Å²) in [5, 5.41) is 0. The summed E-state index contributed by atoms with van der Waals surface area (Å²) in [6, 6.07) is 0.608. The van der Waals surface area contributed by atoms with E-state index >= 15 is 0 Å². The fourth-order valence-electron chi connectivity index (χ4n) is 1.84. The Bertz CT molecular complexity index is 187. The third-order valence-electron chi connectivity index (χ3n) is 2.64. The average molecular weight is 226 g/mol. The lowest BCUT2D eigenvalue weighted by Gasteiger charge is -2.31. The molecule has 0 aromatic rings. The summed E-state index contributed by atoms with van der Waals surface area (Å²) in [6.45, 7) is 8.26. The van der Waals surface area contributed by atoms with E-state index in [0.717, 1.165) is 12.8 Å². The summed E-state index contributed by atoms with van der Waals surface area (Å²) in [4.78, 5) is 10.6. The third-order valence-corrected chi connectivity index (χ3v) is 2.64. The van der Waals surface area contributed by atoms with E-state index in [1.807, 2.05) is 0 Å². The standard InChI is InChI=1S/C12H22N2O2/c1-3-9-15-13-11-7-5-6-8-12(11)14-16-10-4-2/h3-4,11-14H,1-2,5-10H2. The molecular weight excluding hydrogens is 204 g/mol. The Labute approximate surface area is 97.6 Å². The zero-order chi connectivity index (χ0) is 11.6. The molecule has 2 unspecified atom stereocenters. The Kier molecular flexibility index (Phi) is 7.09. The molecule has 0 spiro atoms. The highest BCUT2D eigenvalue weighted by molar-refractivity contribution is 4.82. The molecule has 0 aliphatic heterocycles. The first-order valence-corrected chi connectivity index (χ1v) is 5.85. The van der Waals surface area contributed by atoms with Crippen molar-refractivity contribution in [3.8, 4) is 0 Å². The van der Waals surface area contributed by atoms with E-state index in [-0.39, 0.29) is 0 Å². The maximum atomic E-state index is 5.28. The second kappa shape index (κ2) is 8.47. The molecule has 0 aromatic carbocycles. The summed E-state index contributed by atoms with van der Waals surface area (Å²) in [6.07, 6.45) is 8.13. The highest BCUT2D eigenvalue weighted by Crippen LogP contribution is 2.18. The van der Waals surface area contributed by atoms with Crippen molar-refractivity contribution in [2.45, 2.75) is 37.8 Å². The highest BCUT2D eigenvalue weighted by atomic mass is 16.7. The van der Waals surface area contributed by atoms with Crippen LogP contribution in [0.15, 0.2) is 25.3 Å². The molecule has 16 heavy (non-hydrogen) atoms. The second-order valence-electron chi connectivity index (χ2n) is 3.93. The largest absolute Gasteiger partial charge is 0.297 e. The minimum atomic E-state index is 0.304. The van der Waals surface area contributed by atoms with Gasteiger partial charge in [0.25, 0.3) is 0 Å². The molecule has 0 bridgehead atoms. The topological polar surface area (TPSA) is 42.5 Å². The molecule has 92 valence electrons. The van der Waals surface area contributed by atoms with Gasteiger partial charge >= 0.3 is 0 Å². The fraction of sp³-hybridized carbons (Fsp3) is 0.667. The molecule has 4 nitrogen and oxygen atoms in total. The minimum Gasteiger partial charge on any atom is -0.297 e. The van der Waals surface area contributed by atoms with E-state index in [1.54, 1.807) is 12.2 Å². The molecule has 1 aliphatic rings. The monoisotopic (exact) mass is 226 g/mol. The van der Waals surface area contributed by atoms with Gasteiger partial charge in [-0.15, -0.1) is 13.2 Å². The van der Waals surface area contributed by atoms with Crippen LogP contribution in [0.3, 0.4) is 0 Å². The molecule has 0 heterocycles. The van der Waals surface area contributed by atoms with E-state index in [2.05, 4.69) is 24.1 Å². The van der Waals surface area contributed by atoms with Crippen LogP contribution in [0.2, 0.25) is 0 Å². The van der Waals surface area contributed by atoms with Crippen LogP contribution in [0.4, 0.5) is 0 Å². The van der Waals surface area contributed by atoms with E-state index in [0.29, 0.717) is 25.3 Å². The fourth-order valence-corrected chi connectivity index (χ4v) is 1.84. The Morgan fingerprint density at radius 2 is 1.38 bits per heavy atom. The first-order valence-electron chi connectivity index (χ1n) is 5.85. The zero-order valence-electron chi connectivity index (χ0n) is 9.78. The van der Waals surface area contributed by atoms with E-state index in [1.165, 1.54) is 12.8 Å². The Morgan fingerprint density at radius 1 is 0.938 bits per heavy atom. The number of rotatable bonds is 8. The lowest BCUT2D eigenvalue weighted by Crippen LogP contribution is -2.49. The van der Waals surface area contributed by atoms with Gasteiger partial charge in [0.05, 0.1) is 13.2 Å². The molecule has 1 saturated carbocycles. The van der Waals surface area contributed by atoms with Gasteiger partial charge in [-0.25, -0.2) is 0 Å². The van der Waals surface area contributed by atoms with Crippen LogP contribution in [-0.2, 0) is 9.68 Å². The van der Waals surface area contributed by atoms with Gasteiger partial charge in [-0.3, -0.25) is 9.68 Å². The number of hydrogen-bond acceptors (Lipinski definition) is 4. The lowest BCUT2D eigenvalue weighted by atomic mass is 9.91. The van der Waals surface area contributed by atoms with E-state index < -0.39 is 0 Å². The van der Waals surface area contributed by atoms with Gasteiger partial charge in [-0.1, -0.05) is 25.0 Å². The van der Waals surface area contributed by atoms with Gasteiger partial charge in [-0.2, -0.15) is 11.0 Å². The smallest absolute Gasteiger partial charge is 0.0861 e. The molecular formula is C12H22N2O2. The van der Waals surface area contributed by atoms with Crippen molar-refractivity contribution in [3.63, 3.8) is 0 Å². The van der Waals surface area contributed by atoms with Gasteiger partial charge in [0.15, 0.2) is 0 Å². The molecule has 0 aromatic heterocycles. The Hall–Kier alpha value is -0.680. The number of nitrogens with one attached hydrogen (secondary N) is 2. The third kappa shape index (κ3) is 4.90. The molecule has 0 radical (unpaired) electrons. The van der Waals surface area contributed by atoms with Crippen LogP contribution in [0, 0.1) is 0 Å². The van der Waals surface area contributed by atoms with Crippen molar-refractivity contribution in [1.29, 1.82) is 0 Å². The van der Waals surface area contributed by atoms with Gasteiger partial charge in [0, 0.05) is 12.1 Å². The quantitative estimate of drug-likeness (QED) is 0.376. The molecule has 0 amide bonds. The predicted molar refractivity (Wildman–Crippen MR) is 64.6 cm³/mol. The van der Waals surface area contributed by atoms with Crippen molar-refractivity contribution < 1.29 is 9.68 Å². The van der Waals surface area contributed by atoms with Crippen LogP contribution in [0.25, 0.3) is 0 Å². The van der Waals surface area contributed by atoms with Crippen LogP contribution in [-0.4, -0.2) is 25.3 Å². The van der Waals surface area contributed by atoms with Crippen molar-refractivity contribution in [2.75, 3.05) is 13.2 Å². The SMILES string of the molecule is C=CCONC1CCCCC1NOCC=C. The summed E-state index contributed by atoms with van der Waals surface area (Å²) in [7, 11) is 0. The summed E-state index contributed by atoms with van der Waals surface area (Å²) in [5.74, 6) is 0. The molecule has 0 saturated heterocycles. The first-order chi connectivity index (χ1) is 7.88. The van der Waals surface area contributed by atoms with Crippen molar-refractivity contribution in [1.82, 2.24) is 11.0 Å². The minimum absolute atomic E-state index is 0.304. The Balaban J connectivity index is 2.25. The maximum absolute atomic E-state index is 5.28. The molecule has 1 aliphatic carbocycles. The van der Waals surface area contributed by atoms with Gasteiger partial charge in [0.2, 0.25) is 0 Å². The normalized spacial score (nSPS) is 25.2. The van der Waals surface area contributed by atoms with Crippen LogP contribution in [0.1, 0.15) is 25.7 Å². The van der Waals surface area contributed by atoms with Gasteiger partial charge in [0.1, 0.15) is 0 Å². The molecule has 2 atom stereocenters. The summed E-state index contributed by atoms with van der Waals surface area (Å²) in [5.41, 5.74) is 6.12. The first kappa shape index (κ1) is 13.4. The van der Waals surface area contributed by atoms with Crippen LogP contribution >= 0.6 is 0 Å². The van der Waals surface area contributed by atoms with Crippen molar-refractivity contribution >= 4 is 0 Å². The van der Waals surface area contributed by atoms with Crippen LogP contribution < -0.4 is 11.0 Å². The van der Waals surface area contributed by atoms with Gasteiger partial charge < -0.3 is 0 Å². The van der Waals surface area contributed by atoms with Crippen molar-refractivity contribution in [3.05, 3.63) is 25.3 Å². The van der Waals surface area contributed by atoms with Crippen molar-refractivity contribution in [2.24, 2.45) is 0 Å².